The molecule has 1 fully saturated rings. The zero-order valence-electron chi connectivity index (χ0n) is 20.6. The number of amides is 2. The Morgan fingerprint density at radius 3 is 2.63 bits per heavy atom. The van der Waals surface area contributed by atoms with Crippen LogP contribution >= 0.6 is 11.6 Å². The van der Waals surface area contributed by atoms with Crippen molar-refractivity contribution in [2.24, 2.45) is 10.1 Å². The monoisotopic (exact) mass is 501 g/mol. The van der Waals surface area contributed by atoms with Crippen molar-refractivity contribution in [3.8, 4) is 6.19 Å². The molecule has 10 nitrogen and oxygen atoms in total. The van der Waals surface area contributed by atoms with Crippen LogP contribution in [0.5, 0.6) is 0 Å². The lowest BCUT2D eigenvalue weighted by molar-refractivity contribution is -0.137. The molecule has 0 saturated carbocycles. The summed E-state index contributed by atoms with van der Waals surface area (Å²) >= 11 is 6.08. The van der Waals surface area contributed by atoms with Crippen molar-refractivity contribution in [2.75, 3.05) is 32.7 Å². The van der Waals surface area contributed by atoms with Crippen molar-refractivity contribution < 1.29 is 14.3 Å². The average molecular weight is 502 g/mol. The summed E-state index contributed by atoms with van der Waals surface area (Å²) < 4.78 is 5.43. The summed E-state index contributed by atoms with van der Waals surface area (Å²) in [6, 6.07) is 6.85. The minimum absolute atomic E-state index is 0.0762. The molecule has 1 unspecified atom stereocenters. The van der Waals surface area contributed by atoms with Gasteiger partial charge in [0.15, 0.2) is 6.19 Å². The zero-order valence-corrected chi connectivity index (χ0v) is 21.4. The summed E-state index contributed by atoms with van der Waals surface area (Å²) in [5.74, 6) is 0.142. The van der Waals surface area contributed by atoms with Gasteiger partial charge in [-0.15, -0.1) is 0 Å². The van der Waals surface area contributed by atoms with E-state index in [1.165, 1.54) is 4.90 Å². The molecular weight excluding hydrogens is 470 g/mol. The largest absolute Gasteiger partial charge is 0.444 e. The Bertz CT molecular complexity index is 1030. The molecule has 2 aliphatic heterocycles. The second-order valence-corrected chi connectivity index (χ2v) is 9.81. The van der Waals surface area contributed by atoms with Crippen LogP contribution < -0.4 is 5.32 Å². The number of hydrogen-bond donors (Lipinski definition) is 1. The van der Waals surface area contributed by atoms with Gasteiger partial charge in [-0.1, -0.05) is 37.1 Å². The fourth-order valence-electron chi connectivity index (χ4n) is 3.82. The predicted octanol–water partition coefficient (Wildman–Crippen LogP) is 3.03. The van der Waals surface area contributed by atoms with E-state index in [1.807, 2.05) is 18.3 Å². The van der Waals surface area contributed by atoms with Crippen LogP contribution in [0, 0.1) is 11.5 Å². The first-order chi connectivity index (χ1) is 16.6. The number of aliphatic imine (C=N–C) groups is 1. The highest BCUT2D eigenvalue weighted by Gasteiger charge is 2.40. The van der Waals surface area contributed by atoms with Crippen molar-refractivity contribution in [2.45, 2.75) is 52.2 Å². The van der Waals surface area contributed by atoms with E-state index < -0.39 is 11.7 Å². The lowest BCUT2D eigenvalue weighted by Crippen LogP contribution is -2.58. The van der Waals surface area contributed by atoms with Crippen LogP contribution in [0.15, 0.2) is 34.4 Å². The maximum absolute atomic E-state index is 13.2. The van der Waals surface area contributed by atoms with E-state index in [0.29, 0.717) is 42.9 Å². The number of nitriles is 1. The molecule has 0 radical (unpaired) electrons. The molecule has 0 aliphatic carbocycles. The van der Waals surface area contributed by atoms with Crippen molar-refractivity contribution in [1.82, 2.24) is 20.1 Å². The Labute approximate surface area is 211 Å². The minimum Gasteiger partial charge on any atom is -0.444 e. The van der Waals surface area contributed by atoms with Gasteiger partial charge in [-0.25, -0.2) is 9.80 Å². The zero-order chi connectivity index (χ0) is 25.6. The molecular formula is C24H32ClN7O3. The molecule has 1 atom stereocenters. The Morgan fingerprint density at radius 2 is 2.03 bits per heavy atom. The minimum atomic E-state index is -0.640. The molecule has 2 heterocycles. The molecule has 1 aromatic carbocycles. The number of nitrogens with one attached hydrogen (secondary N) is 1. The van der Waals surface area contributed by atoms with E-state index in [2.05, 4.69) is 17.2 Å². The van der Waals surface area contributed by atoms with Crippen LogP contribution in [0.3, 0.4) is 0 Å². The van der Waals surface area contributed by atoms with Gasteiger partial charge in [0.25, 0.3) is 0 Å². The van der Waals surface area contributed by atoms with Crippen molar-refractivity contribution >= 4 is 35.3 Å². The highest BCUT2D eigenvalue weighted by molar-refractivity contribution is 6.30. The molecule has 1 aromatic rings. The number of carbonyl (C=O) groups is 2. The lowest BCUT2D eigenvalue weighted by atomic mass is 10.0. The maximum Gasteiger partial charge on any atom is 0.410 e. The first-order valence-electron chi connectivity index (χ1n) is 11.7. The molecule has 2 aliphatic rings. The summed E-state index contributed by atoms with van der Waals surface area (Å²) in [5.41, 5.74) is 0.844. The van der Waals surface area contributed by atoms with E-state index in [1.54, 1.807) is 42.8 Å². The summed E-state index contributed by atoms with van der Waals surface area (Å²) in [5, 5.41) is 18.8. The number of hydrogen-bond acceptors (Lipinski definition) is 6. The molecule has 188 valence electrons. The molecule has 0 spiro atoms. The third-order valence-electron chi connectivity index (χ3n) is 5.50. The van der Waals surface area contributed by atoms with E-state index >= 15 is 0 Å². The standard InChI is InChI=1S/C24H32ClN7O3/c1-5-6-11-27-22(28-16-26)32-14-19(21(29-32)17-7-9-18(25)10-8-17)31-13-12-30(15-20(31)33)23(34)35-24(2,3)4/h7-10,19H,5-6,11-15H2,1-4H3,(H,27,28). The number of guanidine groups is 1. The van der Waals surface area contributed by atoms with E-state index in [-0.39, 0.29) is 18.5 Å². The number of piperazine rings is 1. The van der Waals surface area contributed by atoms with E-state index in [0.717, 1.165) is 18.4 Å². The molecule has 11 heteroatoms. The fourth-order valence-corrected chi connectivity index (χ4v) is 3.94. The van der Waals surface area contributed by atoms with Gasteiger partial charge in [0.05, 0.1) is 18.3 Å². The predicted molar refractivity (Wildman–Crippen MR) is 134 cm³/mol. The Hall–Kier alpha value is -3.32. The summed E-state index contributed by atoms with van der Waals surface area (Å²) in [4.78, 5) is 33.3. The Balaban J connectivity index is 1.84. The van der Waals surface area contributed by atoms with Gasteiger partial charge >= 0.3 is 6.09 Å². The first-order valence-corrected chi connectivity index (χ1v) is 12.1. The summed E-state index contributed by atoms with van der Waals surface area (Å²) in [7, 11) is 0. The normalized spacial score (nSPS) is 18.9. The number of halogens is 1. The van der Waals surface area contributed by atoms with Gasteiger partial charge < -0.3 is 9.64 Å². The SMILES string of the molecule is CCCCN=C(NC#N)N1CC(N2CCN(C(=O)OC(C)(C)C)CC2=O)C(c2ccc(Cl)cc2)=N1. The first kappa shape index (κ1) is 26.3. The van der Waals surface area contributed by atoms with Crippen molar-refractivity contribution in [3.05, 3.63) is 34.9 Å². The van der Waals surface area contributed by atoms with Crippen LogP contribution in [0.2, 0.25) is 5.02 Å². The van der Waals surface area contributed by atoms with Crippen LogP contribution in [-0.4, -0.2) is 82.8 Å². The molecule has 35 heavy (non-hydrogen) atoms. The highest BCUT2D eigenvalue weighted by Crippen LogP contribution is 2.23. The van der Waals surface area contributed by atoms with Crippen molar-refractivity contribution in [1.29, 1.82) is 5.26 Å². The third-order valence-corrected chi connectivity index (χ3v) is 5.75. The van der Waals surface area contributed by atoms with Gasteiger partial charge in [-0.3, -0.25) is 20.0 Å². The Morgan fingerprint density at radius 1 is 1.31 bits per heavy atom. The topological polar surface area (TPSA) is 114 Å². The van der Waals surface area contributed by atoms with Crippen LogP contribution in [0.1, 0.15) is 46.1 Å². The van der Waals surface area contributed by atoms with Crippen molar-refractivity contribution in [3.63, 3.8) is 0 Å². The van der Waals surface area contributed by atoms with Crippen LogP contribution in [0.25, 0.3) is 0 Å². The van der Waals surface area contributed by atoms with Gasteiger partial charge in [-0.2, -0.15) is 10.4 Å². The number of hydrazone groups is 1. The number of unbranched alkanes of at least 4 members (excludes halogenated alkanes) is 1. The van der Waals surface area contributed by atoms with Gasteiger partial charge in [0, 0.05) is 30.2 Å². The van der Waals surface area contributed by atoms with Gasteiger partial charge in [-0.05, 0) is 39.3 Å². The average Bonchev–Trinajstić information content (AvgIpc) is 3.23. The van der Waals surface area contributed by atoms with E-state index in [9.17, 15) is 14.9 Å². The third kappa shape index (κ3) is 6.85. The number of ether oxygens (including phenoxy) is 1. The molecule has 3 rings (SSSR count). The Kier molecular flexibility index (Phi) is 8.57. The summed E-state index contributed by atoms with van der Waals surface area (Å²) in [6.07, 6.45) is 3.28. The fraction of sp³-hybridized carbons (Fsp3) is 0.542. The second-order valence-electron chi connectivity index (χ2n) is 9.37. The highest BCUT2D eigenvalue weighted by atomic mass is 35.5. The number of nitrogens with zero attached hydrogens (tertiary/aromatic N) is 6. The number of rotatable bonds is 5. The molecule has 0 bridgehead atoms. The molecule has 1 saturated heterocycles. The molecule has 2 amide bonds. The van der Waals surface area contributed by atoms with Gasteiger partial charge in [0.2, 0.25) is 11.9 Å². The second kappa shape index (κ2) is 11.4. The molecule has 1 N–H and O–H groups in total. The summed E-state index contributed by atoms with van der Waals surface area (Å²) in [6.45, 7) is 8.93. The number of benzene rings is 1. The van der Waals surface area contributed by atoms with Gasteiger partial charge in [0.1, 0.15) is 12.1 Å². The number of carbonyl (C=O) groups excluding carboxylic acids is 2. The van der Waals surface area contributed by atoms with E-state index in [4.69, 9.17) is 21.4 Å². The van der Waals surface area contributed by atoms with Crippen LogP contribution in [-0.2, 0) is 9.53 Å². The maximum atomic E-state index is 13.2. The molecule has 0 aromatic heterocycles. The quantitative estimate of drug-likeness (QED) is 0.218. The van der Waals surface area contributed by atoms with Crippen LogP contribution in [0.4, 0.5) is 4.79 Å². The lowest BCUT2D eigenvalue weighted by Gasteiger charge is -2.38. The smallest absolute Gasteiger partial charge is 0.410 e.